The average molecular weight is 421 g/mol. The van der Waals surface area contributed by atoms with Gasteiger partial charge in [-0.25, -0.2) is 9.37 Å². The van der Waals surface area contributed by atoms with Gasteiger partial charge < -0.3 is 20.4 Å². The number of rotatable bonds is 6. The molecule has 0 aliphatic carbocycles. The summed E-state index contributed by atoms with van der Waals surface area (Å²) in [5, 5.41) is 3.26. The second-order valence-electron chi connectivity index (χ2n) is 7.50. The van der Waals surface area contributed by atoms with Crippen molar-refractivity contribution in [1.82, 2.24) is 14.5 Å². The van der Waals surface area contributed by atoms with Gasteiger partial charge in [0, 0.05) is 32.5 Å². The number of hydrogen-bond acceptors (Lipinski definition) is 5. The summed E-state index contributed by atoms with van der Waals surface area (Å²) in [4.78, 5) is 19.9. The van der Waals surface area contributed by atoms with E-state index in [1.165, 1.54) is 18.3 Å². The fourth-order valence-electron chi connectivity index (χ4n) is 3.29. The number of hydrogen-bond donors (Lipinski definition) is 2. The van der Waals surface area contributed by atoms with Crippen LogP contribution in [-0.2, 0) is 7.05 Å². The summed E-state index contributed by atoms with van der Waals surface area (Å²) in [6, 6.07) is 13.6. The standard InChI is InChI=1S/C23H22FN5O2.H2/c1-13(2)17-10-14(4-6-18(17)24)27-23-28-19-11-15(5-7-21(19)29(23)3)31-16-8-9-26-20(12-16)22(25)30;/h4-13H,1-3H3,(H2,25,30)(H,27,28);1H. The Hall–Kier alpha value is -3.94. The molecular weight excluding hydrogens is 397 g/mol. The zero-order valence-electron chi connectivity index (χ0n) is 17.4. The Balaban J connectivity index is 0.00000289. The van der Waals surface area contributed by atoms with Crippen molar-refractivity contribution in [2.75, 3.05) is 5.32 Å². The molecule has 0 saturated heterocycles. The van der Waals surface area contributed by atoms with E-state index in [2.05, 4.69) is 15.3 Å². The molecule has 8 heteroatoms. The predicted octanol–water partition coefficient (Wildman–Crippen LogP) is 5.11. The molecule has 0 bridgehead atoms. The zero-order chi connectivity index (χ0) is 22.1. The van der Waals surface area contributed by atoms with E-state index in [4.69, 9.17) is 10.5 Å². The van der Waals surface area contributed by atoms with E-state index in [-0.39, 0.29) is 18.9 Å². The molecule has 0 aliphatic heterocycles. The van der Waals surface area contributed by atoms with E-state index in [0.29, 0.717) is 23.0 Å². The van der Waals surface area contributed by atoms with E-state index in [9.17, 15) is 9.18 Å². The van der Waals surface area contributed by atoms with Crippen molar-refractivity contribution in [3.8, 4) is 11.5 Å². The lowest BCUT2D eigenvalue weighted by Crippen LogP contribution is -2.12. The summed E-state index contributed by atoms with van der Waals surface area (Å²) < 4.78 is 21.8. The van der Waals surface area contributed by atoms with Crippen molar-refractivity contribution in [3.63, 3.8) is 0 Å². The first-order valence-electron chi connectivity index (χ1n) is 9.78. The van der Waals surface area contributed by atoms with E-state index >= 15 is 0 Å². The number of ether oxygens (including phenoxy) is 1. The van der Waals surface area contributed by atoms with Gasteiger partial charge in [0.1, 0.15) is 23.0 Å². The molecule has 2 heterocycles. The molecular formula is C23H24FN5O2. The van der Waals surface area contributed by atoms with Crippen molar-refractivity contribution in [1.29, 1.82) is 0 Å². The molecule has 0 radical (unpaired) electrons. The second-order valence-corrected chi connectivity index (χ2v) is 7.50. The maximum Gasteiger partial charge on any atom is 0.267 e. The van der Waals surface area contributed by atoms with E-state index in [0.717, 1.165) is 16.7 Å². The number of amides is 1. The first-order valence-corrected chi connectivity index (χ1v) is 9.78. The number of anilines is 2. The first-order chi connectivity index (χ1) is 14.8. The van der Waals surface area contributed by atoms with Crippen molar-refractivity contribution in [2.45, 2.75) is 19.8 Å². The van der Waals surface area contributed by atoms with Gasteiger partial charge in [-0.3, -0.25) is 9.78 Å². The number of primary amides is 1. The van der Waals surface area contributed by atoms with Gasteiger partial charge in [-0.1, -0.05) is 13.8 Å². The van der Waals surface area contributed by atoms with Crippen LogP contribution in [0.3, 0.4) is 0 Å². The van der Waals surface area contributed by atoms with Crippen molar-refractivity contribution >= 4 is 28.6 Å². The molecule has 4 aromatic rings. The Morgan fingerprint density at radius 1 is 1.16 bits per heavy atom. The number of imidazole rings is 1. The lowest BCUT2D eigenvalue weighted by molar-refractivity contribution is 0.0995. The number of nitrogens with two attached hydrogens (primary N) is 1. The van der Waals surface area contributed by atoms with Crippen LogP contribution in [0.5, 0.6) is 11.5 Å². The van der Waals surface area contributed by atoms with Gasteiger partial charge >= 0.3 is 0 Å². The van der Waals surface area contributed by atoms with E-state index in [1.54, 1.807) is 24.3 Å². The Kier molecular flexibility index (Phi) is 5.29. The number of halogens is 1. The number of aromatic nitrogens is 3. The SMILES string of the molecule is CC(C)c1cc(Nc2nc3cc(Oc4ccnc(C(N)=O)c4)ccc3n2C)ccc1F.[HH]. The average Bonchev–Trinajstić information content (AvgIpc) is 3.04. The fraction of sp³-hybridized carbons (Fsp3) is 0.174. The normalized spacial score (nSPS) is 11.1. The monoisotopic (exact) mass is 421 g/mol. The number of benzene rings is 2. The van der Waals surface area contributed by atoms with Crippen LogP contribution in [0, 0.1) is 5.82 Å². The molecule has 0 saturated carbocycles. The van der Waals surface area contributed by atoms with E-state index in [1.807, 2.05) is 37.6 Å². The van der Waals surface area contributed by atoms with Crippen molar-refractivity contribution in [2.24, 2.45) is 12.8 Å². The molecule has 0 spiro atoms. The molecule has 4 rings (SSSR count). The number of carbonyl (C=O) groups excluding carboxylic acids is 1. The number of fused-ring (bicyclic) bond motifs is 1. The summed E-state index contributed by atoms with van der Waals surface area (Å²) in [6.45, 7) is 3.90. The van der Waals surface area contributed by atoms with Gasteiger partial charge in [0.2, 0.25) is 5.95 Å². The third-order valence-corrected chi connectivity index (χ3v) is 4.95. The van der Waals surface area contributed by atoms with Crippen LogP contribution in [0.1, 0.15) is 37.2 Å². The smallest absolute Gasteiger partial charge is 0.267 e. The summed E-state index contributed by atoms with van der Waals surface area (Å²) in [5.74, 6) is 0.858. The number of nitrogens with zero attached hydrogens (tertiary/aromatic N) is 3. The molecule has 160 valence electrons. The molecule has 0 unspecified atom stereocenters. The van der Waals surface area contributed by atoms with Gasteiger partial charge in [0.05, 0.1) is 11.0 Å². The van der Waals surface area contributed by atoms with Crippen molar-refractivity contribution in [3.05, 3.63) is 71.8 Å². The van der Waals surface area contributed by atoms with Crippen LogP contribution in [0.15, 0.2) is 54.7 Å². The number of nitrogens with one attached hydrogen (secondary N) is 1. The van der Waals surface area contributed by atoms with Gasteiger partial charge in [-0.15, -0.1) is 0 Å². The minimum absolute atomic E-state index is 0. The highest BCUT2D eigenvalue weighted by Gasteiger charge is 2.12. The summed E-state index contributed by atoms with van der Waals surface area (Å²) in [5.41, 5.74) is 8.42. The van der Waals surface area contributed by atoms with E-state index < -0.39 is 5.91 Å². The topological polar surface area (TPSA) is 95.1 Å². The van der Waals surface area contributed by atoms with Gasteiger partial charge in [0.15, 0.2) is 0 Å². The predicted molar refractivity (Wildman–Crippen MR) is 119 cm³/mol. The third-order valence-electron chi connectivity index (χ3n) is 4.95. The maximum atomic E-state index is 14.0. The Labute approximate surface area is 180 Å². The van der Waals surface area contributed by atoms with Crippen LogP contribution in [0.2, 0.25) is 0 Å². The number of carbonyl (C=O) groups is 1. The molecule has 0 atom stereocenters. The molecule has 31 heavy (non-hydrogen) atoms. The largest absolute Gasteiger partial charge is 0.457 e. The van der Waals surface area contributed by atoms with Crippen LogP contribution < -0.4 is 15.8 Å². The Bertz CT molecular complexity index is 1290. The Morgan fingerprint density at radius 2 is 1.94 bits per heavy atom. The number of pyridine rings is 1. The lowest BCUT2D eigenvalue weighted by Gasteiger charge is -2.11. The first kappa shape index (κ1) is 20.3. The molecule has 0 aliphatic rings. The van der Waals surface area contributed by atoms with Gasteiger partial charge in [0.25, 0.3) is 5.91 Å². The van der Waals surface area contributed by atoms with Crippen LogP contribution in [0.25, 0.3) is 11.0 Å². The highest BCUT2D eigenvalue weighted by molar-refractivity contribution is 5.91. The maximum absolute atomic E-state index is 14.0. The summed E-state index contributed by atoms with van der Waals surface area (Å²) >= 11 is 0. The van der Waals surface area contributed by atoms with Gasteiger partial charge in [-0.2, -0.15) is 0 Å². The third kappa shape index (κ3) is 4.18. The molecule has 0 fully saturated rings. The summed E-state index contributed by atoms with van der Waals surface area (Å²) in [7, 11) is 1.90. The molecule has 1 amide bonds. The highest BCUT2D eigenvalue weighted by atomic mass is 19.1. The molecule has 2 aromatic heterocycles. The Morgan fingerprint density at radius 3 is 2.68 bits per heavy atom. The number of aryl methyl sites for hydroxylation is 1. The minimum Gasteiger partial charge on any atom is -0.457 e. The quantitative estimate of drug-likeness (QED) is 0.451. The highest BCUT2D eigenvalue weighted by Crippen LogP contribution is 2.29. The molecule has 7 nitrogen and oxygen atoms in total. The van der Waals surface area contributed by atoms with Crippen LogP contribution in [-0.4, -0.2) is 20.4 Å². The lowest BCUT2D eigenvalue weighted by atomic mass is 10.0. The van der Waals surface area contributed by atoms with Gasteiger partial charge in [-0.05, 0) is 47.9 Å². The zero-order valence-corrected chi connectivity index (χ0v) is 17.4. The van der Waals surface area contributed by atoms with Crippen LogP contribution in [0.4, 0.5) is 16.0 Å². The molecule has 3 N–H and O–H groups in total. The van der Waals surface area contributed by atoms with Crippen LogP contribution >= 0.6 is 0 Å². The summed E-state index contributed by atoms with van der Waals surface area (Å²) in [6.07, 6.45) is 1.46. The fourth-order valence-corrected chi connectivity index (χ4v) is 3.29. The van der Waals surface area contributed by atoms with Crippen molar-refractivity contribution < 1.29 is 15.3 Å². The second kappa shape index (κ2) is 8.06. The minimum atomic E-state index is -0.622. The molecule has 2 aromatic carbocycles.